The summed E-state index contributed by atoms with van der Waals surface area (Å²) in [5.74, 6) is 2.04. The van der Waals surface area contributed by atoms with E-state index in [4.69, 9.17) is 4.74 Å². The van der Waals surface area contributed by atoms with Crippen LogP contribution in [0.2, 0.25) is 0 Å². The van der Waals surface area contributed by atoms with Gasteiger partial charge in [-0.25, -0.2) is 0 Å². The van der Waals surface area contributed by atoms with Crippen molar-refractivity contribution < 1.29 is 9.53 Å². The number of ether oxygens (including phenoxy) is 1. The van der Waals surface area contributed by atoms with E-state index in [0.717, 1.165) is 48.9 Å². The zero-order chi connectivity index (χ0) is 19.1. The molecule has 0 radical (unpaired) electrons. The van der Waals surface area contributed by atoms with Gasteiger partial charge in [0.15, 0.2) is 5.96 Å². The van der Waals surface area contributed by atoms with E-state index in [2.05, 4.69) is 45.3 Å². The molecular formula is C20H31IN4O2S. The maximum absolute atomic E-state index is 12.2. The Hall–Kier alpha value is -1.00. The second-order valence-electron chi connectivity index (χ2n) is 6.94. The van der Waals surface area contributed by atoms with Gasteiger partial charge in [0.05, 0.1) is 0 Å². The van der Waals surface area contributed by atoms with E-state index in [1.165, 1.54) is 6.42 Å². The maximum atomic E-state index is 12.2. The van der Waals surface area contributed by atoms with E-state index >= 15 is 0 Å². The van der Waals surface area contributed by atoms with Crippen LogP contribution in [0.5, 0.6) is 0 Å². The van der Waals surface area contributed by atoms with Crippen LogP contribution >= 0.6 is 35.7 Å². The van der Waals surface area contributed by atoms with E-state index in [1.807, 2.05) is 25.2 Å². The van der Waals surface area contributed by atoms with E-state index in [1.54, 1.807) is 0 Å². The van der Waals surface area contributed by atoms with Crippen molar-refractivity contribution >= 4 is 53.3 Å². The van der Waals surface area contributed by atoms with Crippen LogP contribution in [0.25, 0.3) is 0 Å². The first-order chi connectivity index (χ1) is 13.2. The van der Waals surface area contributed by atoms with Crippen LogP contribution in [-0.4, -0.2) is 60.6 Å². The topological polar surface area (TPSA) is 66.0 Å². The van der Waals surface area contributed by atoms with E-state index in [0.29, 0.717) is 18.4 Å². The van der Waals surface area contributed by atoms with Crippen LogP contribution in [0, 0.1) is 0 Å². The molecule has 0 aliphatic carbocycles. The average molecular weight is 518 g/mol. The van der Waals surface area contributed by atoms with E-state index < -0.39 is 0 Å². The van der Waals surface area contributed by atoms with Crippen LogP contribution in [0.1, 0.15) is 31.7 Å². The number of anilines is 1. The van der Waals surface area contributed by atoms with Crippen molar-refractivity contribution in [2.45, 2.75) is 44.1 Å². The molecule has 0 bridgehead atoms. The zero-order valence-electron chi connectivity index (χ0n) is 16.6. The number of nitrogens with one attached hydrogen (secondary N) is 2. The number of carbonyl (C=O) groups is 1. The molecular weight excluding hydrogens is 487 g/mol. The number of amides is 1. The lowest BCUT2D eigenvalue weighted by molar-refractivity contribution is -0.124. The summed E-state index contributed by atoms with van der Waals surface area (Å²) in [4.78, 5) is 19.0. The number of guanidine groups is 1. The molecule has 2 saturated heterocycles. The van der Waals surface area contributed by atoms with E-state index in [9.17, 15) is 4.79 Å². The van der Waals surface area contributed by atoms with Gasteiger partial charge in [0, 0.05) is 50.0 Å². The Morgan fingerprint density at radius 1 is 1.43 bits per heavy atom. The Labute approximate surface area is 189 Å². The molecule has 28 heavy (non-hydrogen) atoms. The van der Waals surface area contributed by atoms with Crippen LogP contribution in [-0.2, 0) is 16.1 Å². The fourth-order valence-corrected chi connectivity index (χ4v) is 4.62. The zero-order valence-corrected chi connectivity index (χ0v) is 19.8. The lowest BCUT2D eigenvalue weighted by atomic mass is 10.2. The van der Waals surface area contributed by atoms with Crippen molar-refractivity contribution in [3.05, 3.63) is 29.8 Å². The van der Waals surface area contributed by atoms with Crippen molar-refractivity contribution in [3.8, 4) is 0 Å². The first-order valence-corrected chi connectivity index (χ1v) is 10.8. The second kappa shape index (κ2) is 11.9. The monoisotopic (exact) mass is 518 g/mol. The lowest BCUT2D eigenvalue weighted by Gasteiger charge is -2.34. The molecule has 0 aromatic heterocycles. The molecule has 3 rings (SSSR count). The van der Waals surface area contributed by atoms with Crippen LogP contribution in [0.3, 0.4) is 0 Å². The third-order valence-corrected chi connectivity index (χ3v) is 6.34. The van der Waals surface area contributed by atoms with Crippen LogP contribution in [0.15, 0.2) is 29.3 Å². The Morgan fingerprint density at radius 2 is 2.29 bits per heavy atom. The van der Waals surface area contributed by atoms with Crippen molar-refractivity contribution in [2.75, 3.05) is 37.8 Å². The highest BCUT2D eigenvalue weighted by Gasteiger charge is 2.24. The normalized spacial score (nSPS) is 22.5. The molecule has 2 atom stereocenters. The minimum absolute atomic E-state index is 0. The van der Waals surface area contributed by atoms with Crippen molar-refractivity contribution in [1.29, 1.82) is 0 Å². The van der Waals surface area contributed by atoms with Gasteiger partial charge in [-0.2, -0.15) is 11.8 Å². The summed E-state index contributed by atoms with van der Waals surface area (Å²) in [6.45, 7) is 5.66. The van der Waals surface area contributed by atoms with Gasteiger partial charge in [0.2, 0.25) is 0 Å². The molecule has 2 fully saturated rings. The fraction of sp³-hybridized carbons (Fsp3) is 0.600. The molecule has 1 amide bonds. The summed E-state index contributed by atoms with van der Waals surface area (Å²) in [6.07, 6.45) is 2.63. The van der Waals surface area contributed by atoms with Gasteiger partial charge in [-0.1, -0.05) is 19.1 Å². The Bertz CT molecular complexity index is 667. The molecule has 156 valence electrons. The van der Waals surface area contributed by atoms with Crippen LogP contribution < -0.4 is 10.6 Å². The number of rotatable bonds is 5. The largest absolute Gasteiger partial charge is 0.368 e. The van der Waals surface area contributed by atoms with E-state index in [-0.39, 0.29) is 36.0 Å². The minimum Gasteiger partial charge on any atom is -0.368 e. The second-order valence-corrected chi connectivity index (χ2v) is 8.35. The Kier molecular flexibility index (Phi) is 9.87. The minimum atomic E-state index is -0.311. The summed E-state index contributed by atoms with van der Waals surface area (Å²) < 4.78 is 5.45. The smallest absolute Gasteiger partial charge is 0.253 e. The lowest BCUT2D eigenvalue weighted by Crippen LogP contribution is -2.47. The fourth-order valence-electron chi connectivity index (χ4n) is 3.44. The van der Waals surface area contributed by atoms with Gasteiger partial charge >= 0.3 is 0 Å². The molecule has 2 aliphatic rings. The van der Waals surface area contributed by atoms with Gasteiger partial charge in [-0.3, -0.25) is 9.79 Å². The molecule has 2 aliphatic heterocycles. The highest BCUT2D eigenvalue weighted by Crippen LogP contribution is 2.21. The SMILES string of the molecule is CCC1CN(C(=NC)NCc2cccc(NC(=O)C3CCCO3)c2)CCS1.I. The summed E-state index contributed by atoms with van der Waals surface area (Å²) in [6, 6.07) is 7.95. The molecule has 2 heterocycles. The summed E-state index contributed by atoms with van der Waals surface area (Å²) in [5.41, 5.74) is 1.92. The number of halogens is 1. The van der Waals surface area contributed by atoms with Crippen molar-refractivity contribution in [3.63, 3.8) is 0 Å². The molecule has 0 spiro atoms. The molecule has 2 N–H and O–H groups in total. The summed E-state index contributed by atoms with van der Waals surface area (Å²) in [7, 11) is 1.84. The molecule has 0 saturated carbocycles. The summed E-state index contributed by atoms with van der Waals surface area (Å²) >= 11 is 2.05. The predicted molar refractivity (Wildman–Crippen MR) is 128 cm³/mol. The van der Waals surface area contributed by atoms with Gasteiger partial charge in [0.25, 0.3) is 5.91 Å². The standard InChI is InChI=1S/C20H30N4O2S.HI/c1-3-17-14-24(9-11-27-17)20(21-2)22-13-15-6-4-7-16(12-15)23-19(25)18-8-5-10-26-18;/h4,6-7,12,17-18H,3,5,8-11,13-14H2,1-2H3,(H,21,22)(H,23,25);1H. The number of aliphatic imine (C=N–C) groups is 1. The molecule has 2 unspecified atom stereocenters. The van der Waals surface area contributed by atoms with Gasteiger partial charge < -0.3 is 20.3 Å². The predicted octanol–water partition coefficient (Wildman–Crippen LogP) is 3.32. The number of nitrogens with zero attached hydrogens (tertiary/aromatic N) is 2. The number of carbonyl (C=O) groups excluding carboxylic acids is 1. The number of benzene rings is 1. The quantitative estimate of drug-likeness (QED) is 0.356. The Morgan fingerprint density at radius 3 is 3.00 bits per heavy atom. The van der Waals surface area contributed by atoms with Crippen LogP contribution in [0.4, 0.5) is 5.69 Å². The van der Waals surface area contributed by atoms with Crippen molar-refractivity contribution in [1.82, 2.24) is 10.2 Å². The molecule has 6 nitrogen and oxygen atoms in total. The number of thioether (sulfide) groups is 1. The number of hydrogen-bond donors (Lipinski definition) is 2. The molecule has 8 heteroatoms. The molecule has 1 aromatic carbocycles. The molecule has 1 aromatic rings. The average Bonchev–Trinajstić information content (AvgIpc) is 3.24. The Balaban J connectivity index is 0.00000280. The van der Waals surface area contributed by atoms with Gasteiger partial charge in [-0.05, 0) is 37.0 Å². The highest BCUT2D eigenvalue weighted by atomic mass is 127. The van der Waals surface area contributed by atoms with Gasteiger partial charge in [0.1, 0.15) is 6.10 Å². The number of hydrogen-bond acceptors (Lipinski definition) is 4. The third kappa shape index (κ3) is 6.52. The van der Waals surface area contributed by atoms with Crippen molar-refractivity contribution in [2.24, 2.45) is 4.99 Å². The first-order valence-electron chi connectivity index (χ1n) is 9.78. The highest BCUT2D eigenvalue weighted by molar-refractivity contribution is 14.0. The first kappa shape index (κ1) is 23.3. The third-order valence-electron chi connectivity index (χ3n) is 4.97. The summed E-state index contributed by atoms with van der Waals surface area (Å²) in [5, 5.41) is 7.11. The maximum Gasteiger partial charge on any atom is 0.253 e. The van der Waals surface area contributed by atoms with Gasteiger partial charge in [-0.15, -0.1) is 24.0 Å².